The first-order valence-corrected chi connectivity index (χ1v) is 9.38. The summed E-state index contributed by atoms with van der Waals surface area (Å²) >= 11 is 5.41. The number of thiocarbonyl (C=S) groups is 1. The fourth-order valence-corrected chi connectivity index (χ4v) is 2.92. The van der Waals surface area contributed by atoms with E-state index in [2.05, 4.69) is 22.5 Å². The van der Waals surface area contributed by atoms with Gasteiger partial charge in [-0.05, 0) is 67.2 Å². The van der Waals surface area contributed by atoms with E-state index in [1.165, 1.54) is 0 Å². The number of anilines is 1. The van der Waals surface area contributed by atoms with Crippen molar-refractivity contribution in [3.63, 3.8) is 0 Å². The molecule has 1 aromatic heterocycles. The minimum atomic E-state index is 0.0608. The van der Waals surface area contributed by atoms with Crippen molar-refractivity contribution in [3.8, 4) is 11.5 Å². The van der Waals surface area contributed by atoms with Gasteiger partial charge in [0, 0.05) is 23.6 Å². The maximum absolute atomic E-state index is 5.80. The quantitative estimate of drug-likeness (QED) is 0.567. The van der Waals surface area contributed by atoms with Crippen LogP contribution in [0.3, 0.4) is 0 Å². The average Bonchev–Trinajstić information content (AvgIpc) is 2.74. The van der Waals surface area contributed by atoms with Gasteiger partial charge in [-0.2, -0.15) is 0 Å². The normalized spacial score (nSPS) is 11.4. The van der Waals surface area contributed by atoms with Crippen LogP contribution in [0.4, 0.5) is 5.69 Å². The Labute approximate surface area is 170 Å². The van der Waals surface area contributed by atoms with Gasteiger partial charge in [0.25, 0.3) is 0 Å². The van der Waals surface area contributed by atoms with Crippen LogP contribution in [-0.4, -0.2) is 17.2 Å². The Morgan fingerprint density at radius 3 is 2.39 bits per heavy atom. The van der Waals surface area contributed by atoms with Crippen LogP contribution in [0.2, 0.25) is 0 Å². The summed E-state index contributed by atoms with van der Waals surface area (Å²) in [5, 5.41) is 7.03. The van der Waals surface area contributed by atoms with Crippen LogP contribution >= 0.6 is 12.2 Å². The molecule has 0 amide bonds. The second-order valence-electron chi connectivity index (χ2n) is 6.27. The number of ether oxygens (including phenoxy) is 2. The molecule has 6 heteroatoms. The number of hydrogen-bond donors (Lipinski definition) is 2. The maximum atomic E-state index is 5.80. The molecular formula is C22H23N3O2S. The van der Waals surface area contributed by atoms with Crippen molar-refractivity contribution in [2.24, 2.45) is 0 Å². The third kappa shape index (κ3) is 5.69. The summed E-state index contributed by atoms with van der Waals surface area (Å²) in [6, 6.07) is 19.6. The summed E-state index contributed by atoms with van der Waals surface area (Å²) in [4.78, 5) is 4.09. The summed E-state index contributed by atoms with van der Waals surface area (Å²) in [7, 11) is 1.64. The lowest BCUT2D eigenvalue weighted by Crippen LogP contribution is -2.30. The highest BCUT2D eigenvalue weighted by molar-refractivity contribution is 7.80. The Balaban J connectivity index is 1.50. The van der Waals surface area contributed by atoms with E-state index in [0.717, 1.165) is 28.3 Å². The molecule has 1 heterocycles. The second-order valence-corrected chi connectivity index (χ2v) is 6.68. The third-order valence-corrected chi connectivity index (χ3v) is 4.42. The molecule has 1 atom stereocenters. The number of rotatable bonds is 7. The standard InChI is InChI=1S/C22H23N3O2S/c1-16(24-22(28)25-19-7-11-20(26-2)12-8-19)18-5-9-21(10-6-18)27-15-17-4-3-13-23-14-17/h3-14,16H,15H2,1-2H3,(H2,24,25,28). The zero-order valence-electron chi connectivity index (χ0n) is 15.9. The molecule has 28 heavy (non-hydrogen) atoms. The third-order valence-electron chi connectivity index (χ3n) is 4.20. The molecular weight excluding hydrogens is 370 g/mol. The van der Waals surface area contributed by atoms with Crippen molar-refractivity contribution in [2.75, 3.05) is 12.4 Å². The molecule has 144 valence electrons. The largest absolute Gasteiger partial charge is 0.497 e. The van der Waals surface area contributed by atoms with E-state index in [1.807, 2.05) is 60.7 Å². The molecule has 0 saturated carbocycles. The van der Waals surface area contributed by atoms with Crippen LogP contribution in [0, 0.1) is 0 Å². The number of aromatic nitrogens is 1. The van der Waals surface area contributed by atoms with Gasteiger partial charge in [0.2, 0.25) is 0 Å². The van der Waals surface area contributed by atoms with Crippen molar-refractivity contribution >= 4 is 23.0 Å². The fourth-order valence-electron chi connectivity index (χ4n) is 2.62. The van der Waals surface area contributed by atoms with Crippen LogP contribution in [0.5, 0.6) is 11.5 Å². The zero-order valence-corrected chi connectivity index (χ0v) is 16.7. The van der Waals surface area contributed by atoms with Crippen molar-refractivity contribution in [3.05, 3.63) is 84.2 Å². The summed E-state index contributed by atoms with van der Waals surface area (Å²) in [6.07, 6.45) is 3.55. The van der Waals surface area contributed by atoms with E-state index in [0.29, 0.717) is 11.7 Å². The summed E-state index contributed by atoms with van der Waals surface area (Å²) in [5.74, 6) is 1.63. The minimum Gasteiger partial charge on any atom is -0.497 e. The topological polar surface area (TPSA) is 55.4 Å². The van der Waals surface area contributed by atoms with E-state index in [4.69, 9.17) is 21.7 Å². The Morgan fingerprint density at radius 1 is 1.04 bits per heavy atom. The van der Waals surface area contributed by atoms with Gasteiger partial charge in [-0.15, -0.1) is 0 Å². The molecule has 5 nitrogen and oxygen atoms in total. The average molecular weight is 394 g/mol. The first-order chi connectivity index (χ1) is 13.6. The second kappa shape index (κ2) is 9.71. The van der Waals surface area contributed by atoms with E-state index in [-0.39, 0.29) is 6.04 Å². The Kier molecular flexibility index (Phi) is 6.81. The first-order valence-electron chi connectivity index (χ1n) is 8.97. The molecule has 0 aliphatic heterocycles. The van der Waals surface area contributed by atoms with Gasteiger partial charge in [0.15, 0.2) is 5.11 Å². The Hall–Kier alpha value is -3.12. The van der Waals surface area contributed by atoms with Gasteiger partial charge < -0.3 is 20.1 Å². The first kappa shape index (κ1) is 19.6. The smallest absolute Gasteiger partial charge is 0.171 e. The fraction of sp³-hybridized carbons (Fsp3) is 0.182. The number of nitrogens with zero attached hydrogens (tertiary/aromatic N) is 1. The molecule has 1 unspecified atom stereocenters. The predicted octanol–water partition coefficient (Wildman–Crippen LogP) is 4.72. The lowest BCUT2D eigenvalue weighted by atomic mass is 10.1. The van der Waals surface area contributed by atoms with E-state index in [9.17, 15) is 0 Å². The van der Waals surface area contributed by atoms with Crippen LogP contribution in [0.25, 0.3) is 0 Å². The van der Waals surface area contributed by atoms with Crippen LogP contribution in [0.15, 0.2) is 73.1 Å². The monoisotopic (exact) mass is 393 g/mol. The molecule has 0 spiro atoms. The van der Waals surface area contributed by atoms with Crippen molar-refractivity contribution in [1.82, 2.24) is 10.3 Å². The van der Waals surface area contributed by atoms with Gasteiger partial charge in [-0.3, -0.25) is 4.98 Å². The van der Waals surface area contributed by atoms with Crippen LogP contribution < -0.4 is 20.1 Å². The summed E-state index contributed by atoms with van der Waals surface area (Å²) in [6.45, 7) is 2.56. The number of pyridine rings is 1. The minimum absolute atomic E-state index is 0.0608. The van der Waals surface area contributed by atoms with E-state index < -0.39 is 0 Å². The molecule has 0 saturated heterocycles. The number of benzene rings is 2. The number of hydrogen-bond acceptors (Lipinski definition) is 4. The molecule has 0 aliphatic rings. The highest BCUT2D eigenvalue weighted by Crippen LogP contribution is 2.19. The van der Waals surface area contributed by atoms with E-state index >= 15 is 0 Å². The number of nitrogens with one attached hydrogen (secondary N) is 2. The molecule has 2 N–H and O–H groups in total. The molecule has 2 aromatic carbocycles. The highest BCUT2D eigenvalue weighted by atomic mass is 32.1. The maximum Gasteiger partial charge on any atom is 0.171 e. The molecule has 0 aliphatic carbocycles. The Morgan fingerprint density at radius 2 is 1.75 bits per heavy atom. The van der Waals surface area contributed by atoms with Crippen molar-refractivity contribution in [2.45, 2.75) is 19.6 Å². The zero-order chi connectivity index (χ0) is 19.8. The van der Waals surface area contributed by atoms with Gasteiger partial charge in [-0.25, -0.2) is 0 Å². The molecule has 0 radical (unpaired) electrons. The van der Waals surface area contributed by atoms with Crippen LogP contribution in [0.1, 0.15) is 24.1 Å². The van der Waals surface area contributed by atoms with Gasteiger partial charge in [0.05, 0.1) is 13.2 Å². The summed E-state index contributed by atoms with van der Waals surface area (Å²) in [5.41, 5.74) is 3.06. The summed E-state index contributed by atoms with van der Waals surface area (Å²) < 4.78 is 11.0. The lowest BCUT2D eigenvalue weighted by Gasteiger charge is -2.18. The SMILES string of the molecule is COc1ccc(NC(=S)NC(C)c2ccc(OCc3cccnc3)cc2)cc1. The van der Waals surface area contributed by atoms with Crippen molar-refractivity contribution < 1.29 is 9.47 Å². The molecule has 0 bridgehead atoms. The molecule has 3 rings (SSSR count). The van der Waals surface area contributed by atoms with Crippen molar-refractivity contribution in [1.29, 1.82) is 0 Å². The van der Waals surface area contributed by atoms with Gasteiger partial charge >= 0.3 is 0 Å². The Bertz CT molecular complexity index is 884. The van der Waals surface area contributed by atoms with Gasteiger partial charge in [0.1, 0.15) is 18.1 Å². The van der Waals surface area contributed by atoms with Crippen LogP contribution in [-0.2, 0) is 6.61 Å². The number of methoxy groups -OCH3 is 1. The lowest BCUT2D eigenvalue weighted by molar-refractivity contribution is 0.305. The van der Waals surface area contributed by atoms with E-state index in [1.54, 1.807) is 19.5 Å². The molecule has 0 fully saturated rings. The highest BCUT2D eigenvalue weighted by Gasteiger charge is 2.08. The predicted molar refractivity (Wildman–Crippen MR) is 116 cm³/mol. The molecule has 3 aromatic rings. The van der Waals surface area contributed by atoms with Gasteiger partial charge in [-0.1, -0.05) is 18.2 Å².